The molecule has 0 fully saturated rings. The molecule has 1 N–H and O–H groups in total. The van der Waals surface area contributed by atoms with E-state index >= 15 is 0 Å². The number of hydrogen-bond acceptors (Lipinski definition) is 3. The summed E-state index contributed by atoms with van der Waals surface area (Å²) >= 11 is 0. The molecule has 1 aromatic rings. The Morgan fingerprint density at radius 1 is 1.62 bits per heavy atom. The average Bonchev–Trinajstić information content (AvgIpc) is 2.15. The van der Waals surface area contributed by atoms with Crippen LogP contribution in [0.4, 0.5) is 0 Å². The molecule has 13 heavy (non-hydrogen) atoms. The number of pyridine rings is 1. The SMILES string of the molecule is COCCC(O)c1ncccc1C. The third kappa shape index (κ3) is 2.79. The van der Waals surface area contributed by atoms with Crippen molar-refractivity contribution in [2.24, 2.45) is 0 Å². The smallest absolute Gasteiger partial charge is 0.0984 e. The minimum absolute atomic E-state index is 0.513. The quantitative estimate of drug-likeness (QED) is 0.764. The molecule has 1 rings (SSSR count). The first-order chi connectivity index (χ1) is 6.25. The van der Waals surface area contributed by atoms with Crippen molar-refractivity contribution in [2.75, 3.05) is 13.7 Å². The van der Waals surface area contributed by atoms with Gasteiger partial charge in [-0.25, -0.2) is 0 Å². The highest BCUT2D eigenvalue weighted by Gasteiger charge is 2.10. The second kappa shape index (κ2) is 4.94. The van der Waals surface area contributed by atoms with Gasteiger partial charge in [0.2, 0.25) is 0 Å². The number of nitrogens with zero attached hydrogens (tertiary/aromatic N) is 1. The lowest BCUT2D eigenvalue weighted by atomic mass is 10.1. The van der Waals surface area contributed by atoms with E-state index in [2.05, 4.69) is 4.98 Å². The van der Waals surface area contributed by atoms with Gasteiger partial charge in [-0.1, -0.05) is 6.07 Å². The van der Waals surface area contributed by atoms with Gasteiger partial charge in [0.1, 0.15) is 0 Å². The molecule has 72 valence electrons. The number of aromatic nitrogens is 1. The van der Waals surface area contributed by atoms with Gasteiger partial charge < -0.3 is 9.84 Å². The van der Waals surface area contributed by atoms with Crippen LogP contribution in [0.1, 0.15) is 23.8 Å². The molecule has 0 aliphatic heterocycles. The van der Waals surface area contributed by atoms with E-state index in [9.17, 15) is 5.11 Å². The van der Waals surface area contributed by atoms with E-state index in [1.54, 1.807) is 13.3 Å². The first kappa shape index (κ1) is 10.2. The van der Waals surface area contributed by atoms with Gasteiger partial charge in [-0.05, 0) is 18.6 Å². The molecule has 0 aliphatic carbocycles. The van der Waals surface area contributed by atoms with E-state index in [-0.39, 0.29) is 0 Å². The van der Waals surface area contributed by atoms with Crippen LogP contribution in [0.25, 0.3) is 0 Å². The van der Waals surface area contributed by atoms with Crippen molar-refractivity contribution >= 4 is 0 Å². The lowest BCUT2D eigenvalue weighted by molar-refractivity contribution is 0.107. The first-order valence-corrected chi connectivity index (χ1v) is 4.34. The van der Waals surface area contributed by atoms with Gasteiger partial charge in [-0.2, -0.15) is 0 Å². The summed E-state index contributed by atoms with van der Waals surface area (Å²) in [6.07, 6.45) is 1.77. The Morgan fingerprint density at radius 3 is 3.00 bits per heavy atom. The molecule has 0 saturated carbocycles. The first-order valence-electron chi connectivity index (χ1n) is 4.34. The van der Waals surface area contributed by atoms with Crippen LogP contribution < -0.4 is 0 Å². The lowest BCUT2D eigenvalue weighted by Crippen LogP contribution is -2.05. The van der Waals surface area contributed by atoms with Gasteiger partial charge in [0.25, 0.3) is 0 Å². The van der Waals surface area contributed by atoms with Crippen molar-refractivity contribution in [3.8, 4) is 0 Å². The minimum Gasteiger partial charge on any atom is -0.387 e. The zero-order chi connectivity index (χ0) is 9.68. The second-order valence-corrected chi connectivity index (χ2v) is 3.00. The molecule has 3 nitrogen and oxygen atoms in total. The maximum absolute atomic E-state index is 9.69. The fourth-order valence-corrected chi connectivity index (χ4v) is 1.21. The maximum Gasteiger partial charge on any atom is 0.0984 e. The molecule has 0 amide bonds. The summed E-state index contributed by atoms with van der Waals surface area (Å²) in [6, 6.07) is 3.81. The fourth-order valence-electron chi connectivity index (χ4n) is 1.21. The Morgan fingerprint density at radius 2 is 2.38 bits per heavy atom. The van der Waals surface area contributed by atoms with Crippen molar-refractivity contribution in [1.82, 2.24) is 4.98 Å². The number of aryl methyl sites for hydroxylation is 1. The summed E-state index contributed by atoms with van der Waals surface area (Å²) in [5, 5.41) is 9.69. The molecule has 1 heterocycles. The largest absolute Gasteiger partial charge is 0.387 e. The summed E-state index contributed by atoms with van der Waals surface area (Å²) in [7, 11) is 1.62. The Labute approximate surface area is 78.4 Å². The summed E-state index contributed by atoms with van der Waals surface area (Å²) in [5.41, 5.74) is 1.77. The summed E-state index contributed by atoms with van der Waals surface area (Å²) in [5.74, 6) is 0. The standard InChI is InChI=1S/C10H15NO2/c1-8-4-3-6-11-10(8)9(12)5-7-13-2/h3-4,6,9,12H,5,7H2,1-2H3. The Kier molecular flexibility index (Phi) is 3.86. The molecule has 3 heteroatoms. The van der Waals surface area contributed by atoms with Gasteiger partial charge in [0.05, 0.1) is 11.8 Å². The molecule has 0 aromatic carbocycles. The number of ether oxygens (including phenoxy) is 1. The van der Waals surface area contributed by atoms with Crippen LogP contribution in [0, 0.1) is 6.92 Å². The molecular formula is C10H15NO2. The molecule has 0 saturated heterocycles. The number of aliphatic hydroxyl groups excluding tert-OH is 1. The molecule has 1 aromatic heterocycles. The predicted molar refractivity (Wildman–Crippen MR) is 50.4 cm³/mol. The highest BCUT2D eigenvalue weighted by atomic mass is 16.5. The molecule has 1 atom stereocenters. The zero-order valence-electron chi connectivity index (χ0n) is 8.03. The van der Waals surface area contributed by atoms with Gasteiger partial charge >= 0.3 is 0 Å². The highest BCUT2D eigenvalue weighted by molar-refractivity contribution is 5.19. The number of methoxy groups -OCH3 is 1. The molecule has 0 radical (unpaired) electrons. The van der Waals surface area contributed by atoms with Crippen LogP contribution >= 0.6 is 0 Å². The van der Waals surface area contributed by atoms with Crippen molar-refractivity contribution in [2.45, 2.75) is 19.4 Å². The minimum atomic E-state index is -0.513. The molecule has 1 unspecified atom stereocenters. The lowest BCUT2D eigenvalue weighted by Gasteiger charge is -2.11. The highest BCUT2D eigenvalue weighted by Crippen LogP contribution is 2.17. The van der Waals surface area contributed by atoms with E-state index < -0.39 is 6.10 Å². The van der Waals surface area contributed by atoms with Crippen LogP contribution in [0.3, 0.4) is 0 Å². The number of hydrogen-bond donors (Lipinski definition) is 1. The Balaban J connectivity index is 2.65. The van der Waals surface area contributed by atoms with E-state index in [0.717, 1.165) is 11.3 Å². The summed E-state index contributed by atoms with van der Waals surface area (Å²) in [6.45, 7) is 2.50. The number of rotatable bonds is 4. The maximum atomic E-state index is 9.69. The zero-order valence-corrected chi connectivity index (χ0v) is 8.03. The molecule has 0 aliphatic rings. The van der Waals surface area contributed by atoms with Crippen molar-refractivity contribution in [1.29, 1.82) is 0 Å². The van der Waals surface area contributed by atoms with Gasteiger partial charge in [0.15, 0.2) is 0 Å². The molecular weight excluding hydrogens is 166 g/mol. The van der Waals surface area contributed by atoms with Crippen LogP contribution in [0.2, 0.25) is 0 Å². The normalized spacial score (nSPS) is 12.8. The van der Waals surface area contributed by atoms with Crippen LogP contribution in [-0.4, -0.2) is 23.8 Å². The predicted octanol–water partition coefficient (Wildman–Crippen LogP) is 1.46. The van der Waals surface area contributed by atoms with Gasteiger partial charge in [0, 0.05) is 26.3 Å². The summed E-state index contributed by atoms with van der Waals surface area (Å²) in [4.78, 5) is 4.13. The molecule has 0 spiro atoms. The van der Waals surface area contributed by atoms with E-state index in [0.29, 0.717) is 13.0 Å². The number of aliphatic hydroxyl groups is 1. The van der Waals surface area contributed by atoms with Crippen molar-refractivity contribution in [3.05, 3.63) is 29.6 Å². The van der Waals surface area contributed by atoms with Gasteiger partial charge in [-0.15, -0.1) is 0 Å². The van der Waals surface area contributed by atoms with E-state index in [4.69, 9.17) is 4.74 Å². The molecule has 0 bridgehead atoms. The van der Waals surface area contributed by atoms with Gasteiger partial charge in [-0.3, -0.25) is 4.98 Å². The van der Waals surface area contributed by atoms with E-state index in [1.165, 1.54) is 0 Å². The van der Waals surface area contributed by atoms with Crippen molar-refractivity contribution < 1.29 is 9.84 Å². The van der Waals surface area contributed by atoms with Crippen LogP contribution in [0.5, 0.6) is 0 Å². The van der Waals surface area contributed by atoms with Crippen LogP contribution in [-0.2, 0) is 4.74 Å². The Hall–Kier alpha value is -0.930. The third-order valence-electron chi connectivity index (χ3n) is 1.96. The third-order valence-corrected chi connectivity index (χ3v) is 1.96. The van der Waals surface area contributed by atoms with Crippen LogP contribution in [0.15, 0.2) is 18.3 Å². The fraction of sp³-hybridized carbons (Fsp3) is 0.500. The second-order valence-electron chi connectivity index (χ2n) is 3.00. The monoisotopic (exact) mass is 181 g/mol. The average molecular weight is 181 g/mol. The Bertz CT molecular complexity index is 263. The van der Waals surface area contributed by atoms with E-state index in [1.807, 2.05) is 19.1 Å². The topological polar surface area (TPSA) is 42.4 Å². The van der Waals surface area contributed by atoms with Crippen molar-refractivity contribution in [3.63, 3.8) is 0 Å². The summed E-state index contributed by atoms with van der Waals surface area (Å²) < 4.78 is 4.89.